The lowest BCUT2D eigenvalue weighted by Crippen LogP contribution is -2.35. The number of carbonyl (C=O) groups is 1. The van der Waals surface area contributed by atoms with Gasteiger partial charge in [-0.05, 0) is 153 Å². The largest absolute Gasteiger partial charge is 0.294 e. The van der Waals surface area contributed by atoms with Gasteiger partial charge in [-0.25, -0.2) is 17.6 Å². The fourth-order valence-corrected chi connectivity index (χ4v) is 9.41. The summed E-state index contributed by atoms with van der Waals surface area (Å²) in [5.41, 5.74) is 6.47. The number of hydrogen-bond donors (Lipinski definition) is 0. The van der Waals surface area contributed by atoms with Crippen LogP contribution in [-0.2, 0) is 38.5 Å². The van der Waals surface area contributed by atoms with Gasteiger partial charge in [0.05, 0.1) is 5.10 Å². The fraction of sp³-hybridized carbons (Fsp3) is 0.310. The molecule has 0 N–H and O–H groups in total. The molecule has 0 saturated carbocycles. The van der Waals surface area contributed by atoms with Crippen LogP contribution >= 0.6 is 31.9 Å². The van der Waals surface area contributed by atoms with Crippen LogP contribution < -0.4 is 0 Å². The lowest BCUT2D eigenvalue weighted by Gasteiger charge is -2.34. The average molecular weight is 864 g/mol. The molecule has 11 heteroatoms. The molecule has 2 spiro atoms. The molecule has 2 unspecified atom stereocenters. The Morgan fingerprint density at radius 2 is 1.19 bits per heavy atom. The molecule has 8 rings (SSSR count). The Labute approximate surface area is 325 Å². The van der Waals surface area contributed by atoms with E-state index in [2.05, 4.69) is 78.7 Å². The molecule has 0 amide bonds. The zero-order valence-corrected chi connectivity index (χ0v) is 33.8. The van der Waals surface area contributed by atoms with Crippen molar-refractivity contribution < 1.29 is 22.4 Å². The lowest BCUT2D eigenvalue weighted by atomic mass is 9.68. The molecule has 4 nitrogen and oxygen atoms in total. The number of ketones is 1. The van der Waals surface area contributed by atoms with Crippen molar-refractivity contribution in [2.45, 2.75) is 71.0 Å². The summed E-state index contributed by atoms with van der Waals surface area (Å²) in [4.78, 5) is 16.2. The molecule has 2 atom stereocenters. The SMILES string of the molecule is C=C=N[Si](C)(C)C.O=C1c2cc(Br)ccc2CC12CCc1c(ccc(F)c1F)C2.[C-]#[N+]/N=C1/c2cc(Br)ccc2CC12CCc1c(ccc(F)c1F)C2. The van der Waals surface area contributed by atoms with Crippen molar-refractivity contribution in [3.05, 3.63) is 155 Å². The first-order valence-corrected chi connectivity index (χ1v) is 22.4. The van der Waals surface area contributed by atoms with Crippen LogP contribution in [0.4, 0.5) is 17.6 Å². The summed E-state index contributed by atoms with van der Waals surface area (Å²) >= 11 is 6.88. The summed E-state index contributed by atoms with van der Waals surface area (Å²) in [6.07, 6.45) is 4.66. The lowest BCUT2D eigenvalue weighted by molar-refractivity contribution is 0.0793. The van der Waals surface area contributed by atoms with Crippen molar-refractivity contribution in [3.63, 3.8) is 0 Å². The number of nitrogens with zero attached hydrogens (tertiary/aromatic N) is 3. The molecule has 0 bridgehead atoms. The van der Waals surface area contributed by atoms with E-state index in [0.717, 1.165) is 60.5 Å². The van der Waals surface area contributed by atoms with Crippen molar-refractivity contribution >= 4 is 57.5 Å². The topological polar surface area (TPSA) is 46.1 Å². The molecule has 0 aliphatic heterocycles. The number of fused-ring (bicyclic) bond motifs is 4. The van der Waals surface area contributed by atoms with Crippen molar-refractivity contribution in [2.75, 3.05) is 0 Å². The van der Waals surface area contributed by atoms with Gasteiger partial charge in [0.25, 0.3) is 0 Å². The van der Waals surface area contributed by atoms with Crippen LogP contribution in [0.3, 0.4) is 0 Å². The Kier molecular flexibility index (Phi) is 11.0. The highest BCUT2D eigenvalue weighted by Crippen LogP contribution is 2.49. The van der Waals surface area contributed by atoms with E-state index in [1.165, 1.54) is 6.07 Å². The van der Waals surface area contributed by atoms with Gasteiger partial charge >= 0.3 is 0 Å². The Hall–Kier alpha value is -3.94. The Morgan fingerprint density at radius 3 is 1.70 bits per heavy atom. The van der Waals surface area contributed by atoms with Gasteiger partial charge < -0.3 is 0 Å². The molecule has 0 heterocycles. The van der Waals surface area contributed by atoms with Crippen LogP contribution in [-0.4, -0.2) is 25.6 Å². The van der Waals surface area contributed by atoms with Gasteiger partial charge in [0.2, 0.25) is 0 Å². The Balaban J connectivity index is 0.000000155. The van der Waals surface area contributed by atoms with Crippen LogP contribution in [0.1, 0.15) is 62.1 Å². The van der Waals surface area contributed by atoms with Gasteiger partial charge in [-0.1, -0.05) is 56.1 Å². The van der Waals surface area contributed by atoms with E-state index in [1.807, 2.05) is 36.4 Å². The average Bonchev–Trinajstić information content (AvgIpc) is 3.54. The van der Waals surface area contributed by atoms with Gasteiger partial charge in [0.1, 0.15) is 5.71 Å². The van der Waals surface area contributed by atoms with Gasteiger partial charge in [-0.3, -0.25) is 9.45 Å². The first-order valence-electron chi connectivity index (χ1n) is 17.3. The van der Waals surface area contributed by atoms with E-state index < -0.39 is 36.9 Å². The summed E-state index contributed by atoms with van der Waals surface area (Å²) in [5, 5.41) is 4.12. The highest BCUT2D eigenvalue weighted by Gasteiger charge is 2.49. The van der Waals surface area contributed by atoms with Crippen molar-refractivity contribution in [3.8, 4) is 0 Å². The summed E-state index contributed by atoms with van der Waals surface area (Å²) in [6, 6.07) is 17.5. The van der Waals surface area contributed by atoms with Gasteiger partial charge in [0, 0.05) is 30.9 Å². The molecule has 4 aliphatic rings. The van der Waals surface area contributed by atoms with Crippen molar-refractivity contribution in [1.82, 2.24) is 0 Å². The third-order valence-corrected chi connectivity index (χ3v) is 12.4. The molecule has 0 radical (unpaired) electrons. The van der Waals surface area contributed by atoms with Crippen LogP contribution in [0.5, 0.6) is 0 Å². The summed E-state index contributed by atoms with van der Waals surface area (Å²) in [6.45, 7) is 17.0. The number of rotatable bonds is 1. The van der Waals surface area contributed by atoms with Gasteiger partial charge in [0.15, 0.2) is 37.3 Å². The summed E-state index contributed by atoms with van der Waals surface area (Å²) in [5.74, 6) is -0.400. The molecule has 0 fully saturated rings. The third-order valence-electron chi connectivity index (χ3n) is 10.6. The smallest absolute Gasteiger partial charge is 0.184 e. The number of Topliss-reactive ketones (excluding diaryl/α,β-unsaturated/α-hetero) is 1. The Morgan fingerprint density at radius 1 is 0.736 bits per heavy atom. The normalized spacial score (nSPS) is 21.3. The molecule has 0 saturated heterocycles. The molecule has 272 valence electrons. The second kappa shape index (κ2) is 15.1. The van der Waals surface area contributed by atoms with Crippen LogP contribution in [0.2, 0.25) is 19.6 Å². The zero-order valence-electron chi connectivity index (χ0n) is 29.7. The van der Waals surface area contributed by atoms with E-state index in [1.54, 1.807) is 12.1 Å². The fourth-order valence-electron chi connectivity index (χ4n) is 8.22. The van der Waals surface area contributed by atoms with Gasteiger partial charge in [-0.15, -0.1) is 4.95 Å². The van der Waals surface area contributed by atoms with E-state index in [-0.39, 0.29) is 11.2 Å². The molecule has 0 aromatic heterocycles. The minimum Gasteiger partial charge on any atom is -0.294 e. The second-order valence-corrected chi connectivity index (χ2v) is 21.6. The molecule has 53 heavy (non-hydrogen) atoms. The van der Waals surface area contributed by atoms with Crippen molar-refractivity contribution in [2.24, 2.45) is 20.6 Å². The number of hydrogen-bond acceptors (Lipinski definition) is 3. The maximum atomic E-state index is 14.1. The zero-order chi connectivity index (χ0) is 38.3. The van der Waals surface area contributed by atoms with E-state index >= 15 is 0 Å². The van der Waals surface area contributed by atoms with Crippen LogP contribution in [0.25, 0.3) is 4.95 Å². The van der Waals surface area contributed by atoms with E-state index in [4.69, 9.17) is 6.57 Å². The van der Waals surface area contributed by atoms with Crippen LogP contribution in [0, 0.1) is 40.7 Å². The quantitative estimate of drug-likeness (QED) is 0.0618. The first kappa shape index (κ1) is 38.8. The maximum absolute atomic E-state index is 14.1. The first-order chi connectivity index (χ1) is 25.1. The van der Waals surface area contributed by atoms with E-state index in [0.29, 0.717) is 56.1 Å². The molecule has 4 aromatic carbocycles. The minimum atomic E-state index is -1.21. The van der Waals surface area contributed by atoms with E-state index in [9.17, 15) is 22.4 Å². The number of carbonyl (C=O) groups excluding carboxylic acids is 1. The van der Waals surface area contributed by atoms with Gasteiger partial charge in [-0.2, -0.15) is 6.57 Å². The number of halogens is 6. The molecule has 4 aromatic rings. The second-order valence-electron chi connectivity index (χ2n) is 15.2. The minimum absolute atomic E-state index is 0.138. The number of benzene rings is 4. The monoisotopic (exact) mass is 861 g/mol. The third kappa shape index (κ3) is 7.70. The maximum Gasteiger partial charge on any atom is 0.184 e. The summed E-state index contributed by atoms with van der Waals surface area (Å²) < 4.78 is 60.7. The molecular weight excluding hydrogens is 826 g/mol. The van der Waals surface area contributed by atoms with Crippen molar-refractivity contribution in [1.29, 1.82) is 0 Å². The molecular formula is C42H37Br2F4N3OSi. The predicted octanol–water partition coefficient (Wildman–Crippen LogP) is 11.4. The Bertz CT molecular complexity index is 2270. The standard InChI is InChI=1S/C19H13BrF2N2.C18H13BrF2O.C5H11NSi/c1-23-24-18-15-8-13(20)4-2-12(15)10-19(18)7-6-14-11(9-19)3-5-16(21)17(14)22;19-12-3-1-11-9-18(17(22)14(11)7-12)6-5-13-10(8-18)2-4-15(20)16(13)21;1-5-6-7(2,3)4/h2-5,8H,6-7,9-10H2;1-4,7H,5-6,8-9H2;1H2,2-4H3/b24-18-;;. The summed E-state index contributed by atoms with van der Waals surface area (Å²) in [7, 11) is -1.21. The van der Waals surface area contributed by atoms with Crippen LogP contribution in [0.15, 0.2) is 85.9 Å². The molecule has 4 aliphatic carbocycles. The highest BCUT2D eigenvalue weighted by molar-refractivity contribution is 9.10. The predicted molar refractivity (Wildman–Crippen MR) is 211 cm³/mol. The highest BCUT2D eigenvalue weighted by atomic mass is 79.9.